The van der Waals surface area contributed by atoms with Crippen molar-refractivity contribution in [3.63, 3.8) is 0 Å². The van der Waals surface area contributed by atoms with Gasteiger partial charge in [0.05, 0.1) is 19.9 Å². The number of nitrogens with one attached hydrogen (secondary N) is 1. The van der Waals surface area contributed by atoms with Gasteiger partial charge in [-0.2, -0.15) is 0 Å². The van der Waals surface area contributed by atoms with Gasteiger partial charge in [-0.25, -0.2) is 4.99 Å². The van der Waals surface area contributed by atoms with Crippen molar-refractivity contribution in [2.75, 3.05) is 14.2 Å². The topological polar surface area (TPSA) is 77.0 Å². The highest BCUT2D eigenvalue weighted by molar-refractivity contribution is 6.14. The first-order chi connectivity index (χ1) is 12.0. The third-order valence-electron chi connectivity index (χ3n) is 4.04. The smallest absolute Gasteiger partial charge is 0.277 e. The third-order valence-corrected chi connectivity index (χ3v) is 4.04. The summed E-state index contributed by atoms with van der Waals surface area (Å²) in [6.07, 6.45) is 6.98. The number of hydrogen-bond donors (Lipinski definition) is 1. The van der Waals surface area contributed by atoms with Gasteiger partial charge >= 0.3 is 0 Å². The van der Waals surface area contributed by atoms with Crippen LogP contribution in [0.15, 0.2) is 58.8 Å². The number of amides is 2. The van der Waals surface area contributed by atoms with Crippen LogP contribution in [0.3, 0.4) is 0 Å². The molecule has 0 saturated heterocycles. The maximum atomic E-state index is 12.5. The van der Waals surface area contributed by atoms with E-state index in [0.29, 0.717) is 22.8 Å². The highest BCUT2D eigenvalue weighted by Crippen LogP contribution is 2.27. The Labute approximate surface area is 145 Å². The number of allylic oxidation sites excluding steroid dienone is 3. The summed E-state index contributed by atoms with van der Waals surface area (Å²) in [7, 11) is 3.04. The van der Waals surface area contributed by atoms with Crippen molar-refractivity contribution in [1.29, 1.82) is 0 Å². The summed E-state index contributed by atoms with van der Waals surface area (Å²) < 4.78 is 10.3. The molecule has 1 aromatic rings. The van der Waals surface area contributed by atoms with E-state index >= 15 is 0 Å². The lowest BCUT2D eigenvalue weighted by Crippen LogP contribution is -2.32. The van der Waals surface area contributed by atoms with Crippen molar-refractivity contribution < 1.29 is 19.1 Å². The predicted molar refractivity (Wildman–Crippen MR) is 93.9 cm³/mol. The molecule has 6 nitrogen and oxygen atoms in total. The predicted octanol–water partition coefficient (Wildman–Crippen LogP) is 2.43. The summed E-state index contributed by atoms with van der Waals surface area (Å²) in [5.41, 5.74) is 2.52. The molecular formula is C19H18N2O4. The van der Waals surface area contributed by atoms with Crippen LogP contribution in [0, 0.1) is 5.92 Å². The molecule has 0 radical (unpaired) electrons. The number of carbonyl (C=O) groups is 2. The van der Waals surface area contributed by atoms with E-state index in [1.165, 1.54) is 14.2 Å². The van der Waals surface area contributed by atoms with Crippen molar-refractivity contribution in [2.24, 2.45) is 10.9 Å². The molecule has 2 amide bonds. The molecule has 128 valence electrons. The van der Waals surface area contributed by atoms with Gasteiger partial charge in [0.1, 0.15) is 11.5 Å². The van der Waals surface area contributed by atoms with Crippen LogP contribution in [0.4, 0.5) is 0 Å². The van der Waals surface area contributed by atoms with Crippen LogP contribution >= 0.6 is 0 Å². The summed E-state index contributed by atoms with van der Waals surface area (Å²) in [6, 6.07) is 4.89. The van der Waals surface area contributed by atoms with Crippen LogP contribution in [-0.2, 0) is 4.79 Å². The first-order valence-corrected chi connectivity index (χ1v) is 7.75. The van der Waals surface area contributed by atoms with Crippen LogP contribution < -0.4 is 14.8 Å². The average Bonchev–Trinajstić information content (AvgIpc) is 2.60. The maximum Gasteiger partial charge on any atom is 0.277 e. The zero-order valence-corrected chi connectivity index (χ0v) is 14.2. The second-order valence-electron chi connectivity index (χ2n) is 5.76. The standard InChI is InChI=1S/C19H18N2O4/c1-11-6-18(22)21-17-9-13(4-5-16(11)17)20-19(23)12-7-14(24-2)10-15(8-12)25-3/h4-10,16H,1-3H3,(H,21,22). The van der Waals surface area contributed by atoms with Crippen molar-refractivity contribution in [3.8, 4) is 11.5 Å². The minimum Gasteiger partial charge on any atom is -0.497 e. The molecule has 1 atom stereocenters. The first kappa shape index (κ1) is 16.7. The molecule has 1 unspecified atom stereocenters. The quantitative estimate of drug-likeness (QED) is 0.918. The lowest BCUT2D eigenvalue weighted by atomic mass is 9.89. The fourth-order valence-electron chi connectivity index (χ4n) is 2.76. The van der Waals surface area contributed by atoms with E-state index in [1.807, 2.05) is 13.0 Å². The Morgan fingerprint density at radius 3 is 2.44 bits per heavy atom. The molecule has 0 bridgehead atoms. The monoisotopic (exact) mass is 338 g/mol. The van der Waals surface area contributed by atoms with E-state index in [4.69, 9.17) is 9.47 Å². The molecule has 0 fully saturated rings. The largest absolute Gasteiger partial charge is 0.497 e. The molecular weight excluding hydrogens is 320 g/mol. The number of benzene rings is 1. The SMILES string of the molecule is COc1cc(OC)cc(C(=O)N=C2C=CC3C(C)=CC(=O)NC3=C2)c1. The first-order valence-electron chi connectivity index (χ1n) is 7.75. The van der Waals surface area contributed by atoms with E-state index in [9.17, 15) is 9.59 Å². The summed E-state index contributed by atoms with van der Waals surface area (Å²) >= 11 is 0. The average molecular weight is 338 g/mol. The molecule has 1 aliphatic heterocycles. The number of hydrogen-bond acceptors (Lipinski definition) is 4. The van der Waals surface area contributed by atoms with Crippen LogP contribution in [0.1, 0.15) is 17.3 Å². The number of carbonyl (C=O) groups excluding carboxylic acids is 2. The van der Waals surface area contributed by atoms with Gasteiger partial charge in [0.25, 0.3) is 5.91 Å². The van der Waals surface area contributed by atoms with Crippen molar-refractivity contribution in [3.05, 3.63) is 59.3 Å². The molecule has 1 heterocycles. The Hall–Kier alpha value is -3.15. The highest BCUT2D eigenvalue weighted by Gasteiger charge is 2.24. The maximum absolute atomic E-state index is 12.5. The molecule has 25 heavy (non-hydrogen) atoms. The van der Waals surface area contributed by atoms with Gasteiger partial charge in [0.15, 0.2) is 0 Å². The Kier molecular flexibility index (Phi) is 4.52. The van der Waals surface area contributed by atoms with Gasteiger partial charge < -0.3 is 14.8 Å². The van der Waals surface area contributed by atoms with Crippen LogP contribution in [0.25, 0.3) is 0 Å². The third kappa shape index (κ3) is 3.52. The molecule has 1 N–H and O–H groups in total. The molecule has 0 aromatic heterocycles. The van der Waals surface area contributed by atoms with Crippen molar-refractivity contribution >= 4 is 17.5 Å². The molecule has 2 aliphatic rings. The number of rotatable bonds is 3. The van der Waals surface area contributed by atoms with E-state index < -0.39 is 5.91 Å². The van der Waals surface area contributed by atoms with Gasteiger partial charge in [0.2, 0.25) is 5.91 Å². The Morgan fingerprint density at radius 2 is 1.80 bits per heavy atom. The van der Waals surface area contributed by atoms with Crippen LogP contribution in [0.5, 0.6) is 11.5 Å². The molecule has 0 spiro atoms. The number of nitrogens with zero attached hydrogens (tertiary/aromatic N) is 1. The van der Waals surface area contributed by atoms with Crippen LogP contribution in [0.2, 0.25) is 0 Å². The second-order valence-corrected chi connectivity index (χ2v) is 5.76. The van der Waals surface area contributed by atoms with E-state index in [1.54, 1.807) is 36.4 Å². The van der Waals surface area contributed by atoms with Gasteiger partial charge in [-0.1, -0.05) is 11.6 Å². The fraction of sp³-hybridized carbons (Fsp3) is 0.211. The van der Waals surface area contributed by atoms with E-state index in [2.05, 4.69) is 10.3 Å². The summed E-state index contributed by atoms with van der Waals surface area (Å²) in [6.45, 7) is 1.90. The number of methoxy groups -OCH3 is 2. The zero-order valence-electron chi connectivity index (χ0n) is 14.2. The fourth-order valence-corrected chi connectivity index (χ4v) is 2.76. The minimum atomic E-state index is -0.415. The van der Waals surface area contributed by atoms with Crippen LogP contribution in [-0.4, -0.2) is 31.7 Å². The van der Waals surface area contributed by atoms with Gasteiger partial charge in [-0.3, -0.25) is 9.59 Å². The molecule has 0 saturated carbocycles. The Bertz CT molecular complexity index is 840. The van der Waals surface area contributed by atoms with Gasteiger partial charge in [-0.05, 0) is 31.2 Å². The van der Waals surface area contributed by atoms with Crippen molar-refractivity contribution in [1.82, 2.24) is 5.32 Å². The lowest BCUT2D eigenvalue weighted by molar-refractivity contribution is -0.116. The normalized spacial score (nSPS) is 20.4. The Balaban J connectivity index is 1.89. The molecule has 3 rings (SSSR count). The molecule has 1 aliphatic carbocycles. The van der Waals surface area contributed by atoms with Gasteiger partial charge in [0, 0.05) is 29.3 Å². The number of fused-ring (bicyclic) bond motifs is 1. The molecule has 6 heteroatoms. The second kappa shape index (κ2) is 6.76. The molecule has 1 aromatic carbocycles. The zero-order chi connectivity index (χ0) is 18.0. The minimum absolute atomic E-state index is 0.0173. The lowest BCUT2D eigenvalue weighted by Gasteiger charge is -2.25. The van der Waals surface area contributed by atoms with Crippen molar-refractivity contribution in [2.45, 2.75) is 6.92 Å². The number of ether oxygens (including phenoxy) is 2. The highest BCUT2D eigenvalue weighted by atomic mass is 16.5. The van der Waals surface area contributed by atoms with E-state index in [-0.39, 0.29) is 11.8 Å². The van der Waals surface area contributed by atoms with E-state index in [0.717, 1.165) is 11.3 Å². The number of aliphatic imine (C=N–C) groups is 1. The summed E-state index contributed by atoms with van der Waals surface area (Å²) in [5, 5.41) is 2.79. The summed E-state index contributed by atoms with van der Waals surface area (Å²) in [4.78, 5) is 28.2. The van der Waals surface area contributed by atoms with Gasteiger partial charge in [-0.15, -0.1) is 0 Å². The Morgan fingerprint density at radius 1 is 1.12 bits per heavy atom. The summed E-state index contributed by atoms with van der Waals surface area (Å²) in [5.74, 6) is 0.463.